The molecule has 160 valence electrons. The Balaban J connectivity index is 1.33. The number of aromatic nitrogens is 4. The van der Waals surface area contributed by atoms with Crippen LogP contribution in [0, 0.1) is 5.41 Å². The first-order valence-corrected chi connectivity index (χ1v) is 10.6. The number of nitrogens with zero attached hydrogens (tertiary/aromatic N) is 5. The van der Waals surface area contributed by atoms with Crippen molar-refractivity contribution in [2.24, 2.45) is 5.41 Å². The van der Waals surface area contributed by atoms with E-state index in [4.69, 9.17) is 4.98 Å². The quantitative estimate of drug-likeness (QED) is 0.795. The van der Waals surface area contributed by atoms with Crippen LogP contribution < -0.4 is 10.6 Å². The van der Waals surface area contributed by atoms with Crippen molar-refractivity contribution in [3.05, 3.63) is 60.6 Å². The van der Waals surface area contributed by atoms with E-state index >= 15 is 0 Å². The molecule has 1 unspecified atom stereocenters. The summed E-state index contributed by atoms with van der Waals surface area (Å²) in [6.45, 7) is 6.70. The van der Waals surface area contributed by atoms with Gasteiger partial charge in [-0.05, 0) is 49.3 Å². The van der Waals surface area contributed by atoms with Gasteiger partial charge in [-0.1, -0.05) is 19.9 Å². The minimum Gasteiger partial charge on any atom is -0.364 e. The largest absolute Gasteiger partial charge is 0.364 e. The molecule has 8 heteroatoms. The fourth-order valence-corrected chi connectivity index (χ4v) is 4.19. The zero-order chi connectivity index (χ0) is 21.6. The summed E-state index contributed by atoms with van der Waals surface area (Å²) in [5, 5.41) is 10.6. The highest BCUT2D eigenvalue weighted by Crippen LogP contribution is 2.37. The van der Waals surface area contributed by atoms with E-state index in [1.165, 1.54) is 5.57 Å². The van der Waals surface area contributed by atoms with Gasteiger partial charge in [0.25, 0.3) is 0 Å². The molecule has 5 rings (SSSR count). The van der Waals surface area contributed by atoms with E-state index in [1.54, 1.807) is 10.9 Å². The molecular weight excluding hydrogens is 390 g/mol. The Bertz CT molecular complexity index is 1170. The molecule has 4 heterocycles. The normalized spacial score (nSPS) is 23.9. The average Bonchev–Trinajstić information content (AvgIpc) is 3.30. The molecule has 8 nitrogen and oxygen atoms in total. The van der Waals surface area contributed by atoms with Crippen molar-refractivity contribution in [2.45, 2.75) is 52.2 Å². The fourth-order valence-electron chi connectivity index (χ4n) is 4.19. The molecule has 0 spiro atoms. The second-order valence-electron chi connectivity index (χ2n) is 9.34. The van der Waals surface area contributed by atoms with E-state index in [0.29, 0.717) is 16.6 Å². The minimum atomic E-state index is -0.363. The Hall–Kier alpha value is -3.42. The number of allylic oxidation sites excluding steroid dienone is 3. The maximum absolute atomic E-state index is 12.7. The summed E-state index contributed by atoms with van der Waals surface area (Å²) < 4.78 is 1.62. The summed E-state index contributed by atoms with van der Waals surface area (Å²) in [6.07, 6.45) is 18.5. The number of fused-ring (bicyclic) bond motifs is 2. The van der Waals surface area contributed by atoms with Gasteiger partial charge in [-0.2, -0.15) is 5.10 Å². The molecule has 0 bridgehead atoms. The van der Waals surface area contributed by atoms with E-state index in [-0.39, 0.29) is 18.1 Å². The number of hydrogen-bond acceptors (Lipinski definition) is 6. The Morgan fingerprint density at radius 3 is 2.94 bits per heavy atom. The maximum Gasteiger partial charge on any atom is 0.246 e. The molecule has 1 amide bonds. The average molecular weight is 418 g/mol. The molecule has 2 aromatic heterocycles. The summed E-state index contributed by atoms with van der Waals surface area (Å²) in [4.78, 5) is 24.1. The van der Waals surface area contributed by atoms with Gasteiger partial charge in [0, 0.05) is 24.3 Å². The Morgan fingerprint density at radius 2 is 2.13 bits per heavy atom. The highest BCUT2D eigenvalue weighted by molar-refractivity contribution is 5.80. The Labute approximate surface area is 181 Å². The van der Waals surface area contributed by atoms with Gasteiger partial charge < -0.3 is 15.5 Å². The van der Waals surface area contributed by atoms with Gasteiger partial charge in [0.2, 0.25) is 5.91 Å². The molecule has 0 fully saturated rings. The van der Waals surface area contributed by atoms with E-state index in [9.17, 15) is 4.79 Å². The smallest absolute Gasteiger partial charge is 0.246 e. The van der Waals surface area contributed by atoms with Crippen LogP contribution in [0.5, 0.6) is 0 Å². The van der Waals surface area contributed by atoms with Crippen LogP contribution >= 0.6 is 0 Å². The zero-order valence-electron chi connectivity index (χ0n) is 18.1. The van der Waals surface area contributed by atoms with Crippen LogP contribution in [0.3, 0.4) is 0 Å². The lowest BCUT2D eigenvalue weighted by Gasteiger charge is -2.34. The van der Waals surface area contributed by atoms with Gasteiger partial charge in [0.1, 0.15) is 17.7 Å². The first kappa shape index (κ1) is 19.5. The van der Waals surface area contributed by atoms with Gasteiger partial charge in [-0.25, -0.2) is 14.6 Å². The van der Waals surface area contributed by atoms with Crippen molar-refractivity contribution in [3.63, 3.8) is 0 Å². The standard InChI is InChI=1S/C23H27N7O/c1-22(2)7-4-16(5-8-22)18-13-24-19-14-26-30(21(19)28-18)15-20(31)27-17-6-10-29-11-9-25-23(29,3)12-17/h4,6,9-14,25H,5,7-8,15H2,1-3H3,(H,27,31). The van der Waals surface area contributed by atoms with Crippen LogP contribution in [0.1, 0.15) is 45.7 Å². The number of carbonyl (C=O) groups is 1. The lowest BCUT2D eigenvalue weighted by Crippen LogP contribution is -2.47. The number of carbonyl (C=O) groups excluding carboxylic acids is 1. The van der Waals surface area contributed by atoms with E-state index < -0.39 is 0 Å². The molecule has 2 aromatic rings. The van der Waals surface area contributed by atoms with Crippen LogP contribution in [0.15, 0.2) is 54.9 Å². The van der Waals surface area contributed by atoms with Crippen molar-refractivity contribution < 1.29 is 4.79 Å². The Morgan fingerprint density at radius 1 is 1.26 bits per heavy atom. The number of hydrogen-bond donors (Lipinski definition) is 2. The summed E-state index contributed by atoms with van der Waals surface area (Å²) in [5.41, 5.74) is 4.13. The van der Waals surface area contributed by atoms with Crippen LogP contribution in [0.25, 0.3) is 16.7 Å². The number of rotatable bonds is 4. The van der Waals surface area contributed by atoms with Gasteiger partial charge >= 0.3 is 0 Å². The monoisotopic (exact) mass is 417 g/mol. The molecule has 0 aromatic carbocycles. The van der Waals surface area contributed by atoms with E-state index in [1.807, 2.05) is 48.8 Å². The molecule has 1 atom stereocenters. The second kappa shape index (κ2) is 7.08. The van der Waals surface area contributed by atoms with Crippen molar-refractivity contribution >= 4 is 22.6 Å². The van der Waals surface area contributed by atoms with E-state index in [0.717, 1.165) is 30.7 Å². The first-order valence-electron chi connectivity index (χ1n) is 10.6. The number of nitrogens with one attached hydrogen (secondary N) is 2. The Kier molecular flexibility index (Phi) is 4.46. The third kappa shape index (κ3) is 3.73. The van der Waals surface area contributed by atoms with Crippen molar-refractivity contribution in [1.29, 1.82) is 0 Å². The topological polar surface area (TPSA) is 88.0 Å². The summed E-state index contributed by atoms with van der Waals surface area (Å²) in [5.74, 6) is -0.158. The molecule has 31 heavy (non-hydrogen) atoms. The summed E-state index contributed by atoms with van der Waals surface area (Å²) in [7, 11) is 0. The van der Waals surface area contributed by atoms with Crippen molar-refractivity contribution in [3.8, 4) is 0 Å². The third-order valence-electron chi connectivity index (χ3n) is 6.22. The third-order valence-corrected chi connectivity index (χ3v) is 6.22. The predicted octanol–water partition coefficient (Wildman–Crippen LogP) is 3.04. The molecule has 0 saturated heterocycles. The highest BCUT2D eigenvalue weighted by atomic mass is 16.2. The molecular formula is C23H27N7O. The second-order valence-corrected chi connectivity index (χ2v) is 9.34. The van der Waals surface area contributed by atoms with Crippen molar-refractivity contribution in [1.82, 2.24) is 35.3 Å². The lowest BCUT2D eigenvalue weighted by molar-refractivity contribution is -0.121. The first-order chi connectivity index (χ1) is 14.8. The zero-order valence-corrected chi connectivity index (χ0v) is 18.1. The van der Waals surface area contributed by atoms with Crippen LogP contribution in [-0.4, -0.2) is 36.2 Å². The van der Waals surface area contributed by atoms with Gasteiger partial charge in [-0.3, -0.25) is 4.79 Å². The van der Waals surface area contributed by atoms with E-state index in [2.05, 4.69) is 40.6 Å². The highest BCUT2D eigenvalue weighted by Gasteiger charge is 2.31. The molecule has 1 aliphatic carbocycles. The van der Waals surface area contributed by atoms with Gasteiger partial charge in [-0.15, -0.1) is 0 Å². The van der Waals surface area contributed by atoms with Gasteiger partial charge in [0.15, 0.2) is 5.65 Å². The molecule has 0 saturated carbocycles. The molecule has 2 N–H and O–H groups in total. The predicted molar refractivity (Wildman–Crippen MR) is 119 cm³/mol. The van der Waals surface area contributed by atoms with Crippen LogP contribution in [-0.2, 0) is 11.3 Å². The molecule has 0 radical (unpaired) electrons. The summed E-state index contributed by atoms with van der Waals surface area (Å²) >= 11 is 0. The maximum atomic E-state index is 12.7. The van der Waals surface area contributed by atoms with Crippen LogP contribution in [0.4, 0.5) is 0 Å². The van der Waals surface area contributed by atoms with Crippen molar-refractivity contribution in [2.75, 3.05) is 0 Å². The molecule has 2 aliphatic heterocycles. The lowest BCUT2D eigenvalue weighted by atomic mass is 9.78. The SMILES string of the molecule is CC1(C)CC=C(c2cnc3cnn(CC(=O)NC4=CC5(C)NC=CN5C=C4)c3n2)CC1. The fraction of sp³-hybridized carbons (Fsp3) is 0.391. The van der Waals surface area contributed by atoms with Gasteiger partial charge in [0.05, 0.1) is 18.1 Å². The minimum absolute atomic E-state index is 0.0744. The van der Waals surface area contributed by atoms with Crippen LogP contribution in [0.2, 0.25) is 0 Å². The number of amides is 1. The molecule has 3 aliphatic rings. The summed E-state index contributed by atoms with van der Waals surface area (Å²) in [6, 6.07) is 0.